The first kappa shape index (κ1) is 30.9. The predicted octanol–water partition coefficient (Wildman–Crippen LogP) is 4.47. The third-order valence-electron chi connectivity index (χ3n) is 4.91. The lowest BCUT2D eigenvalue weighted by Gasteiger charge is -2.17. The number of hydrogen-bond donors (Lipinski definition) is 3. The molecule has 1 aromatic rings. The summed E-state index contributed by atoms with van der Waals surface area (Å²) in [5.74, 6) is -1.06. The van der Waals surface area contributed by atoms with E-state index in [1.54, 1.807) is 30.3 Å². The molecule has 0 saturated carbocycles. The van der Waals surface area contributed by atoms with Crippen molar-refractivity contribution in [2.75, 3.05) is 39.3 Å². The van der Waals surface area contributed by atoms with Gasteiger partial charge in [-0.05, 0) is 51.3 Å². The zero-order valence-electron chi connectivity index (χ0n) is 19.6. The molecule has 1 aromatic carbocycles. The van der Waals surface area contributed by atoms with Crippen molar-refractivity contribution in [2.24, 2.45) is 0 Å². The van der Waals surface area contributed by atoms with Crippen molar-refractivity contribution < 1.29 is 24.3 Å². The minimum atomic E-state index is -4.32. The molecular formula is C22H43N2O5P. The van der Waals surface area contributed by atoms with Crippen LogP contribution in [-0.4, -0.2) is 69.9 Å². The van der Waals surface area contributed by atoms with Gasteiger partial charge in [0.2, 0.25) is 0 Å². The van der Waals surface area contributed by atoms with Crippen LogP contribution in [0.2, 0.25) is 0 Å². The van der Waals surface area contributed by atoms with Crippen LogP contribution in [-0.2, 0) is 9.36 Å². The normalized spacial score (nSPS) is 11.9. The van der Waals surface area contributed by atoms with Crippen LogP contribution in [0.15, 0.2) is 30.3 Å². The number of carboxylic acid groups (broad SMARTS) is 1. The maximum absolute atomic E-state index is 11.2. The molecule has 30 heavy (non-hydrogen) atoms. The Morgan fingerprint density at radius 3 is 1.43 bits per heavy atom. The summed E-state index contributed by atoms with van der Waals surface area (Å²) >= 11 is 0. The van der Waals surface area contributed by atoms with Crippen LogP contribution in [0, 0.1) is 0 Å². The number of rotatable bonds is 11. The van der Waals surface area contributed by atoms with E-state index in [2.05, 4.69) is 51.3 Å². The van der Waals surface area contributed by atoms with E-state index in [1.165, 1.54) is 39.3 Å². The third-order valence-corrected chi connectivity index (χ3v) is 6.27. The minimum absolute atomic E-state index is 0.0658. The Balaban J connectivity index is 0. The number of hydrogen-bond acceptors (Lipinski definition) is 4. The molecule has 0 aliphatic heterocycles. The first-order chi connectivity index (χ1) is 14.1. The molecule has 0 aliphatic rings. The minimum Gasteiger partial charge on any atom is -0.481 e. The standard InChI is InChI=1S/C10H13O5P.2C6H15N/c11-10(12)7-6-9(16(13,14)15)8-4-2-1-3-5-8;2*1-4-7(5-2)6-3/h1-5,9H,6-7H2,(H,11,12)(H2,13,14,15);2*4-6H2,1-3H3. The summed E-state index contributed by atoms with van der Waals surface area (Å²) in [6.45, 7) is 20.2. The first-order valence-corrected chi connectivity index (χ1v) is 12.6. The Kier molecular flexibility index (Phi) is 19.1. The van der Waals surface area contributed by atoms with Gasteiger partial charge in [-0.2, -0.15) is 0 Å². The molecule has 1 atom stereocenters. The van der Waals surface area contributed by atoms with Crippen LogP contribution in [0.25, 0.3) is 0 Å². The Morgan fingerprint density at radius 1 is 0.833 bits per heavy atom. The smallest absolute Gasteiger partial charge is 0.332 e. The maximum Gasteiger partial charge on any atom is 0.332 e. The fourth-order valence-corrected chi connectivity index (χ4v) is 3.83. The summed E-state index contributed by atoms with van der Waals surface area (Å²) in [5.41, 5.74) is -0.568. The number of aliphatic carboxylic acids is 1. The van der Waals surface area contributed by atoms with Crippen LogP contribution < -0.4 is 0 Å². The first-order valence-electron chi connectivity index (χ1n) is 10.9. The number of nitrogens with zero attached hydrogens (tertiary/aromatic N) is 2. The molecule has 1 rings (SSSR count). The molecule has 0 aliphatic carbocycles. The molecule has 0 spiro atoms. The molecule has 3 N–H and O–H groups in total. The van der Waals surface area contributed by atoms with E-state index in [0.717, 1.165) is 0 Å². The van der Waals surface area contributed by atoms with Gasteiger partial charge >= 0.3 is 13.6 Å². The van der Waals surface area contributed by atoms with Gasteiger partial charge in [0, 0.05) is 6.42 Å². The van der Waals surface area contributed by atoms with Gasteiger partial charge < -0.3 is 24.7 Å². The van der Waals surface area contributed by atoms with E-state index < -0.39 is 19.2 Å². The molecule has 0 fully saturated rings. The average Bonchev–Trinajstić information content (AvgIpc) is 2.71. The van der Waals surface area contributed by atoms with Crippen LogP contribution >= 0.6 is 7.60 Å². The van der Waals surface area contributed by atoms with Crippen molar-refractivity contribution in [3.63, 3.8) is 0 Å². The van der Waals surface area contributed by atoms with Crippen LogP contribution in [0.3, 0.4) is 0 Å². The third kappa shape index (κ3) is 15.6. The van der Waals surface area contributed by atoms with Gasteiger partial charge in [0.25, 0.3) is 0 Å². The number of carbonyl (C=O) groups is 1. The molecule has 0 amide bonds. The quantitative estimate of drug-likeness (QED) is 0.431. The summed E-state index contributed by atoms with van der Waals surface area (Å²) in [6, 6.07) is 8.24. The second-order valence-corrected chi connectivity index (χ2v) is 8.49. The van der Waals surface area contributed by atoms with Gasteiger partial charge in [-0.1, -0.05) is 71.9 Å². The highest BCUT2D eigenvalue weighted by Crippen LogP contribution is 2.54. The molecule has 1 unspecified atom stereocenters. The topological polar surface area (TPSA) is 101 Å². The van der Waals surface area contributed by atoms with E-state index in [-0.39, 0.29) is 12.8 Å². The van der Waals surface area contributed by atoms with Gasteiger partial charge in [0.1, 0.15) is 0 Å². The molecule has 7 nitrogen and oxygen atoms in total. The number of carboxylic acids is 1. The highest BCUT2D eigenvalue weighted by atomic mass is 31.2. The Labute approximate surface area is 183 Å². The molecule has 0 aromatic heterocycles. The van der Waals surface area contributed by atoms with Gasteiger partial charge in [-0.3, -0.25) is 9.36 Å². The van der Waals surface area contributed by atoms with E-state index in [0.29, 0.717) is 5.56 Å². The van der Waals surface area contributed by atoms with Gasteiger partial charge in [-0.15, -0.1) is 0 Å². The van der Waals surface area contributed by atoms with E-state index in [1.807, 2.05) is 0 Å². The number of benzene rings is 1. The summed E-state index contributed by atoms with van der Waals surface area (Å²) < 4.78 is 11.2. The lowest BCUT2D eigenvalue weighted by Crippen LogP contribution is -2.21. The van der Waals surface area contributed by atoms with Crippen LogP contribution in [0.5, 0.6) is 0 Å². The second kappa shape index (κ2) is 18.5. The molecule has 0 saturated heterocycles. The summed E-state index contributed by atoms with van der Waals surface area (Å²) in [6.07, 6.45) is -0.325. The van der Waals surface area contributed by atoms with Crippen LogP contribution in [0.4, 0.5) is 0 Å². The fraction of sp³-hybridized carbons (Fsp3) is 0.682. The second-order valence-electron chi connectivity index (χ2n) is 6.69. The van der Waals surface area contributed by atoms with E-state index >= 15 is 0 Å². The average molecular weight is 447 g/mol. The Morgan fingerprint density at radius 2 is 1.20 bits per heavy atom. The Hall–Kier alpha value is -1.24. The summed E-state index contributed by atoms with van der Waals surface area (Å²) in [7, 11) is -4.32. The van der Waals surface area contributed by atoms with Crippen molar-refractivity contribution in [3.05, 3.63) is 35.9 Å². The SMILES string of the molecule is CCN(CC)CC.CCN(CC)CC.O=C(O)CCC(c1ccccc1)P(=O)(O)O. The van der Waals surface area contributed by atoms with Gasteiger partial charge in [-0.25, -0.2) is 0 Å². The van der Waals surface area contributed by atoms with Crippen molar-refractivity contribution in [1.29, 1.82) is 0 Å². The monoisotopic (exact) mass is 446 g/mol. The highest BCUT2D eigenvalue weighted by Gasteiger charge is 2.30. The molecule has 0 heterocycles. The molecule has 0 radical (unpaired) electrons. The lowest BCUT2D eigenvalue weighted by molar-refractivity contribution is -0.137. The zero-order chi connectivity index (χ0) is 23.6. The van der Waals surface area contributed by atoms with E-state index in [9.17, 15) is 9.36 Å². The molecular weight excluding hydrogens is 403 g/mol. The van der Waals surface area contributed by atoms with Crippen LogP contribution in [0.1, 0.15) is 65.6 Å². The van der Waals surface area contributed by atoms with Crippen molar-refractivity contribution >= 4 is 13.6 Å². The zero-order valence-corrected chi connectivity index (χ0v) is 20.5. The maximum atomic E-state index is 11.2. The summed E-state index contributed by atoms with van der Waals surface area (Å²) in [5, 5.41) is 8.52. The molecule has 8 heteroatoms. The predicted molar refractivity (Wildman–Crippen MR) is 125 cm³/mol. The van der Waals surface area contributed by atoms with Gasteiger partial charge in [0.15, 0.2) is 0 Å². The highest BCUT2D eigenvalue weighted by molar-refractivity contribution is 7.52. The lowest BCUT2D eigenvalue weighted by atomic mass is 10.1. The summed E-state index contributed by atoms with van der Waals surface area (Å²) in [4.78, 5) is 33.5. The van der Waals surface area contributed by atoms with Crippen molar-refractivity contribution in [1.82, 2.24) is 9.80 Å². The van der Waals surface area contributed by atoms with E-state index in [4.69, 9.17) is 14.9 Å². The van der Waals surface area contributed by atoms with Crippen molar-refractivity contribution in [3.8, 4) is 0 Å². The Bertz CT molecular complexity index is 549. The fourth-order valence-electron chi connectivity index (χ4n) is 2.81. The largest absolute Gasteiger partial charge is 0.481 e. The molecule has 176 valence electrons. The molecule has 0 bridgehead atoms. The van der Waals surface area contributed by atoms with Crippen molar-refractivity contribution in [2.45, 2.75) is 60.0 Å². The van der Waals surface area contributed by atoms with Gasteiger partial charge in [0.05, 0.1) is 5.66 Å².